The van der Waals surface area contributed by atoms with Crippen LogP contribution < -0.4 is 10.1 Å². The van der Waals surface area contributed by atoms with Gasteiger partial charge in [0.05, 0.1) is 18.6 Å². The lowest BCUT2D eigenvalue weighted by atomic mass is 10.0. The first-order valence-electron chi connectivity index (χ1n) is 11.3. The molecule has 7 heteroatoms. The van der Waals surface area contributed by atoms with Crippen molar-refractivity contribution in [3.05, 3.63) is 89.5 Å². The number of amides is 1. The van der Waals surface area contributed by atoms with Crippen molar-refractivity contribution in [2.24, 2.45) is 0 Å². The zero-order valence-electron chi connectivity index (χ0n) is 20.1. The van der Waals surface area contributed by atoms with Crippen LogP contribution in [0.25, 0.3) is 0 Å². The summed E-state index contributed by atoms with van der Waals surface area (Å²) in [4.78, 5) is 13.0. The molecule has 0 aliphatic rings. The number of sulfonamides is 1. The highest BCUT2D eigenvalue weighted by atomic mass is 32.2. The minimum Gasteiger partial charge on any atom is -0.496 e. The number of ether oxygens (including phenoxy) is 1. The molecule has 0 aliphatic heterocycles. The predicted octanol–water partition coefficient (Wildman–Crippen LogP) is 5.00. The van der Waals surface area contributed by atoms with Crippen LogP contribution in [0.4, 0.5) is 5.69 Å². The maximum Gasteiger partial charge on any atom is 0.243 e. The maximum atomic E-state index is 13.5. The van der Waals surface area contributed by atoms with E-state index in [0.29, 0.717) is 29.3 Å². The molecule has 34 heavy (non-hydrogen) atoms. The number of aryl methyl sites for hydroxylation is 1. The van der Waals surface area contributed by atoms with E-state index in [4.69, 9.17) is 4.74 Å². The number of methoxy groups -OCH3 is 1. The predicted molar refractivity (Wildman–Crippen MR) is 136 cm³/mol. The molecule has 0 atom stereocenters. The second-order valence-electron chi connectivity index (χ2n) is 8.53. The van der Waals surface area contributed by atoms with Crippen molar-refractivity contribution in [2.75, 3.05) is 25.5 Å². The Morgan fingerprint density at radius 2 is 1.68 bits per heavy atom. The summed E-state index contributed by atoms with van der Waals surface area (Å²) in [6, 6.07) is 21.9. The monoisotopic (exact) mass is 480 g/mol. The van der Waals surface area contributed by atoms with Gasteiger partial charge < -0.3 is 10.1 Å². The molecule has 0 aliphatic carbocycles. The molecule has 3 rings (SSSR count). The van der Waals surface area contributed by atoms with Gasteiger partial charge in [-0.05, 0) is 66.3 Å². The van der Waals surface area contributed by atoms with Crippen molar-refractivity contribution < 1.29 is 17.9 Å². The SMILES string of the molecule is COc1ccc(S(=O)(=O)N(CCc2ccccc2)CC(=O)Nc2ccc(C(C)C)cc2)cc1C. The summed E-state index contributed by atoms with van der Waals surface area (Å²) in [5.74, 6) is 0.605. The van der Waals surface area contributed by atoms with Gasteiger partial charge in [0.1, 0.15) is 5.75 Å². The van der Waals surface area contributed by atoms with Crippen LogP contribution in [-0.4, -0.2) is 38.8 Å². The summed E-state index contributed by atoms with van der Waals surface area (Å²) in [5.41, 5.74) is 3.51. The van der Waals surface area contributed by atoms with Gasteiger partial charge in [-0.15, -0.1) is 0 Å². The van der Waals surface area contributed by atoms with Gasteiger partial charge in [-0.25, -0.2) is 8.42 Å². The zero-order chi connectivity index (χ0) is 24.7. The summed E-state index contributed by atoms with van der Waals surface area (Å²) in [6.45, 7) is 5.89. The first-order valence-corrected chi connectivity index (χ1v) is 12.7. The van der Waals surface area contributed by atoms with Crippen LogP contribution in [0.1, 0.15) is 36.5 Å². The third-order valence-electron chi connectivity index (χ3n) is 5.68. The van der Waals surface area contributed by atoms with Crippen molar-refractivity contribution >= 4 is 21.6 Å². The molecule has 0 unspecified atom stereocenters. The average Bonchev–Trinajstić information content (AvgIpc) is 2.82. The van der Waals surface area contributed by atoms with Crippen molar-refractivity contribution in [1.29, 1.82) is 0 Å². The van der Waals surface area contributed by atoms with Gasteiger partial charge in [-0.2, -0.15) is 4.31 Å². The van der Waals surface area contributed by atoms with Crippen LogP contribution in [0.15, 0.2) is 77.7 Å². The van der Waals surface area contributed by atoms with Gasteiger partial charge in [0.2, 0.25) is 15.9 Å². The van der Waals surface area contributed by atoms with E-state index in [1.54, 1.807) is 26.2 Å². The summed E-state index contributed by atoms with van der Waals surface area (Å²) in [6.07, 6.45) is 0.492. The number of benzene rings is 3. The third-order valence-corrected chi connectivity index (χ3v) is 7.52. The van der Waals surface area contributed by atoms with E-state index in [0.717, 1.165) is 5.56 Å². The lowest BCUT2D eigenvalue weighted by Gasteiger charge is -2.22. The van der Waals surface area contributed by atoms with E-state index in [1.807, 2.05) is 54.6 Å². The average molecular weight is 481 g/mol. The Balaban J connectivity index is 1.82. The molecule has 0 radical (unpaired) electrons. The fourth-order valence-electron chi connectivity index (χ4n) is 3.66. The molecule has 1 amide bonds. The smallest absolute Gasteiger partial charge is 0.243 e. The number of nitrogens with one attached hydrogen (secondary N) is 1. The van der Waals surface area contributed by atoms with Crippen molar-refractivity contribution in [3.8, 4) is 5.75 Å². The Bertz CT molecular complexity index is 1210. The number of hydrogen-bond acceptors (Lipinski definition) is 4. The third kappa shape index (κ3) is 6.46. The number of carbonyl (C=O) groups excluding carboxylic acids is 1. The molecule has 0 aromatic heterocycles. The molecule has 0 saturated heterocycles. The van der Waals surface area contributed by atoms with Gasteiger partial charge >= 0.3 is 0 Å². The Morgan fingerprint density at radius 3 is 2.26 bits per heavy atom. The van der Waals surface area contributed by atoms with Crippen molar-refractivity contribution in [3.63, 3.8) is 0 Å². The standard InChI is InChI=1S/C27H32N2O4S/c1-20(2)23-10-12-24(13-11-23)28-27(30)19-29(17-16-22-8-6-5-7-9-22)34(31,32)25-14-15-26(33-4)21(3)18-25/h5-15,18,20H,16-17,19H2,1-4H3,(H,28,30). The van der Waals surface area contributed by atoms with E-state index in [2.05, 4.69) is 19.2 Å². The van der Waals surface area contributed by atoms with E-state index in [1.165, 1.54) is 15.9 Å². The van der Waals surface area contributed by atoms with E-state index >= 15 is 0 Å². The molecule has 3 aromatic rings. The number of hydrogen-bond donors (Lipinski definition) is 1. The summed E-state index contributed by atoms with van der Waals surface area (Å²) in [7, 11) is -2.36. The molecule has 6 nitrogen and oxygen atoms in total. The molecule has 1 N–H and O–H groups in total. The highest BCUT2D eigenvalue weighted by molar-refractivity contribution is 7.89. The molecule has 0 saturated carbocycles. The van der Waals surface area contributed by atoms with Crippen LogP contribution in [0.2, 0.25) is 0 Å². The van der Waals surface area contributed by atoms with Crippen molar-refractivity contribution in [2.45, 2.75) is 38.0 Å². The maximum absolute atomic E-state index is 13.5. The zero-order valence-corrected chi connectivity index (χ0v) is 20.9. The van der Waals surface area contributed by atoms with Crippen LogP contribution >= 0.6 is 0 Å². The van der Waals surface area contributed by atoms with Crippen LogP contribution in [0.5, 0.6) is 5.75 Å². The molecule has 0 spiro atoms. The van der Waals surface area contributed by atoms with Gasteiger partial charge in [-0.1, -0.05) is 56.3 Å². The molecule has 180 valence electrons. The second kappa shape index (κ2) is 11.3. The van der Waals surface area contributed by atoms with Gasteiger partial charge in [0.15, 0.2) is 0 Å². The number of anilines is 1. The Kier molecular flexibility index (Phi) is 8.47. The number of rotatable bonds is 10. The van der Waals surface area contributed by atoms with Crippen LogP contribution in [0.3, 0.4) is 0 Å². The lowest BCUT2D eigenvalue weighted by molar-refractivity contribution is -0.116. The Hall–Kier alpha value is -3.16. The summed E-state index contributed by atoms with van der Waals surface area (Å²) in [5, 5.41) is 2.82. The number of nitrogens with zero attached hydrogens (tertiary/aromatic N) is 1. The number of carbonyl (C=O) groups is 1. The molecule has 3 aromatic carbocycles. The highest BCUT2D eigenvalue weighted by Gasteiger charge is 2.27. The Morgan fingerprint density at radius 1 is 1.00 bits per heavy atom. The quantitative estimate of drug-likeness (QED) is 0.443. The van der Waals surface area contributed by atoms with Crippen molar-refractivity contribution in [1.82, 2.24) is 4.31 Å². The van der Waals surface area contributed by atoms with Gasteiger partial charge in [0, 0.05) is 12.2 Å². The van der Waals surface area contributed by atoms with E-state index < -0.39 is 10.0 Å². The summed E-state index contributed by atoms with van der Waals surface area (Å²) >= 11 is 0. The molecular formula is C27H32N2O4S. The fraction of sp³-hybridized carbons (Fsp3) is 0.296. The largest absolute Gasteiger partial charge is 0.496 e. The molecule has 0 heterocycles. The molecule has 0 fully saturated rings. The first-order chi connectivity index (χ1) is 16.2. The normalized spacial score (nSPS) is 11.6. The van der Waals surface area contributed by atoms with Gasteiger partial charge in [-0.3, -0.25) is 4.79 Å². The molecular weight excluding hydrogens is 448 g/mol. The highest BCUT2D eigenvalue weighted by Crippen LogP contribution is 2.24. The van der Waals surface area contributed by atoms with Crippen LogP contribution in [-0.2, 0) is 21.2 Å². The molecule has 0 bridgehead atoms. The minimum absolute atomic E-state index is 0.132. The van der Waals surface area contributed by atoms with Gasteiger partial charge in [0.25, 0.3) is 0 Å². The first kappa shape index (κ1) is 25.5. The second-order valence-corrected chi connectivity index (χ2v) is 10.5. The summed E-state index contributed by atoms with van der Waals surface area (Å²) < 4.78 is 33.5. The lowest BCUT2D eigenvalue weighted by Crippen LogP contribution is -2.39. The van der Waals surface area contributed by atoms with Crippen LogP contribution in [0, 0.1) is 6.92 Å². The Labute approximate surface area is 202 Å². The topological polar surface area (TPSA) is 75.7 Å². The van der Waals surface area contributed by atoms with E-state index in [-0.39, 0.29) is 23.9 Å². The minimum atomic E-state index is -3.91. The fourth-order valence-corrected chi connectivity index (χ4v) is 5.14. The van der Waals surface area contributed by atoms with E-state index in [9.17, 15) is 13.2 Å².